The van der Waals surface area contributed by atoms with Gasteiger partial charge in [-0.2, -0.15) is 0 Å². The van der Waals surface area contributed by atoms with Crippen LogP contribution in [0.1, 0.15) is 34.1 Å². The molecule has 1 N–H and O–H groups in total. The quantitative estimate of drug-likeness (QED) is 0.661. The molecule has 0 radical (unpaired) electrons. The molecule has 1 amide bonds. The lowest BCUT2D eigenvalue weighted by molar-refractivity contribution is -0.116. The highest BCUT2D eigenvalue weighted by molar-refractivity contribution is 7.17. The van der Waals surface area contributed by atoms with E-state index in [1.807, 2.05) is 0 Å². The highest BCUT2D eigenvalue weighted by Gasteiger charge is 2.28. The predicted octanol–water partition coefficient (Wildman–Crippen LogP) is 2.16. The summed E-state index contributed by atoms with van der Waals surface area (Å²) in [6, 6.07) is 3.27. The van der Waals surface area contributed by atoms with Crippen LogP contribution in [0.15, 0.2) is 29.5 Å². The Bertz CT molecular complexity index is 1130. The molecule has 0 spiro atoms. The summed E-state index contributed by atoms with van der Waals surface area (Å²) in [5, 5.41) is 3.61. The molecule has 9 heteroatoms. The normalized spacial score (nSPS) is 12.8. The van der Waals surface area contributed by atoms with Gasteiger partial charge in [0.1, 0.15) is 17.9 Å². The van der Waals surface area contributed by atoms with Gasteiger partial charge >= 0.3 is 5.97 Å². The van der Waals surface area contributed by atoms with E-state index in [0.717, 1.165) is 29.7 Å². The summed E-state index contributed by atoms with van der Waals surface area (Å²) in [6.07, 6.45) is 5.55. The fraction of sp³-hybridized carbons (Fsp3) is 0.316. The maximum Gasteiger partial charge on any atom is 0.341 e. The number of ether oxygens (including phenoxy) is 1. The van der Waals surface area contributed by atoms with Gasteiger partial charge in [0.2, 0.25) is 5.91 Å². The second-order valence-electron chi connectivity index (χ2n) is 6.38. The zero-order valence-electron chi connectivity index (χ0n) is 15.2. The number of aryl methyl sites for hydroxylation is 1. The van der Waals surface area contributed by atoms with Crippen molar-refractivity contribution in [2.45, 2.75) is 32.7 Å². The highest BCUT2D eigenvalue weighted by atomic mass is 32.1. The molecule has 0 aliphatic heterocycles. The molecule has 3 aromatic heterocycles. The molecule has 0 atom stereocenters. The molecule has 3 aromatic rings. The zero-order chi connectivity index (χ0) is 19.7. The molecule has 1 aliphatic carbocycles. The number of amides is 1. The third-order valence-electron chi connectivity index (χ3n) is 4.57. The van der Waals surface area contributed by atoms with E-state index in [9.17, 15) is 14.4 Å². The molecule has 0 saturated heterocycles. The van der Waals surface area contributed by atoms with Crippen molar-refractivity contribution in [2.75, 3.05) is 11.9 Å². The van der Waals surface area contributed by atoms with Crippen molar-refractivity contribution in [2.24, 2.45) is 0 Å². The van der Waals surface area contributed by atoms with Crippen molar-refractivity contribution in [3.05, 3.63) is 51.0 Å². The molecule has 0 bridgehead atoms. The first-order chi connectivity index (χ1) is 13.6. The second kappa shape index (κ2) is 7.51. The summed E-state index contributed by atoms with van der Waals surface area (Å²) in [5.41, 5.74) is 1.41. The largest absolute Gasteiger partial charge is 0.462 e. The Morgan fingerprint density at radius 2 is 2.18 bits per heavy atom. The molecule has 1 aliphatic rings. The van der Waals surface area contributed by atoms with Gasteiger partial charge in [-0.1, -0.05) is 0 Å². The first kappa shape index (κ1) is 18.3. The van der Waals surface area contributed by atoms with Crippen molar-refractivity contribution in [3.63, 3.8) is 0 Å². The standard InChI is InChI=1S/C19H18N4O4S/c1-2-27-19(26)15-11-5-3-7-13(11)28-17(15)22-14(24)9-23-10-21-16-12(18(23)25)6-4-8-20-16/h4,6,8,10H,2-3,5,7,9H2,1H3,(H,22,24). The van der Waals surface area contributed by atoms with Gasteiger partial charge in [0.05, 0.1) is 17.6 Å². The Kier molecular flexibility index (Phi) is 4.91. The third-order valence-corrected chi connectivity index (χ3v) is 5.77. The number of nitrogens with one attached hydrogen (secondary N) is 1. The number of carbonyl (C=O) groups excluding carboxylic acids is 2. The lowest BCUT2D eigenvalue weighted by atomic mass is 10.1. The number of aromatic nitrogens is 3. The monoisotopic (exact) mass is 398 g/mol. The van der Waals surface area contributed by atoms with E-state index in [1.165, 1.54) is 22.2 Å². The van der Waals surface area contributed by atoms with Crippen LogP contribution in [0.4, 0.5) is 5.00 Å². The smallest absolute Gasteiger partial charge is 0.341 e. The van der Waals surface area contributed by atoms with Crippen LogP contribution >= 0.6 is 11.3 Å². The minimum atomic E-state index is -0.423. The SMILES string of the molecule is CCOC(=O)c1c(NC(=O)Cn2cnc3ncccc3c2=O)sc2c1CCC2. The molecule has 0 saturated carbocycles. The first-order valence-corrected chi connectivity index (χ1v) is 9.81. The number of anilines is 1. The zero-order valence-corrected chi connectivity index (χ0v) is 16.0. The summed E-state index contributed by atoms with van der Waals surface area (Å²) in [6.45, 7) is 1.81. The van der Waals surface area contributed by atoms with E-state index in [2.05, 4.69) is 15.3 Å². The lowest BCUT2D eigenvalue weighted by Gasteiger charge is -2.09. The fourth-order valence-electron chi connectivity index (χ4n) is 3.34. The number of hydrogen-bond acceptors (Lipinski definition) is 7. The summed E-state index contributed by atoms with van der Waals surface area (Å²) in [4.78, 5) is 46.7. The predicted molar refractivity (Wildman–Crippen MR) is 105 cm³/mol. The molecule has 0 fully saturated rings. The van der Waals surface area contributed by atoms with Crippen LogP contribution in [-0.2, 0) is 28.9 Å². The van der Waals surface area contributed by atoms with Gasteiger partial charge in [-0.3, -0.25) is 14.2 Å². The molecule has 4 rings (SSSR count). The van der Waals surface area contributed by atoms with Crippen molar-refractivity contribution >= 4 is 39.2 Å². The fourth-order valence-corrected chi connectivity index (χ4v) is 4.64. The van der Waals surface area contributed by atoms with E-state index in [4.69, 9.17) is 4.74 Å². The van der Waals surface area contributed by atoms with Gasteiger partial charge < -0.3 is 10.1 Å². The average Bonchev–Trinajstić information content (AvgIpc) is 3.25. The van der Waals surface area contributed by atoms with Crippen LogP contribution in [0.5, 0.6) is 0 Å². The van der Waals surface area contributed by atoms with Crippen molar-refractivity contribution in [1.29, 1.82) is 0 Å². The number of esters is 1. The Morgan fingerprint density at radius 3 is 3.00 bits per heavy atom. The Labute approximate surface area is 164 Å². The van der Waals surface area contributed by atoms with Crippen molar-refractivity contribution in [1.82, 2.24) is 14.5 Å². The van der Waals surface area contributed by atoms with E-state index in [-0.39, 0.29) is 18.7 Å². The molecule has 0 unspecified atom stereocenters. The van der Waals surface area contributed by atoms with Crippen LogP contribution in [0, 0.1) is 0 Å². The molecule has 28 heavy (non-hydrogen) atoms. The highest BCUT2D eigenvalue weighted by Crippen LogP contribution is 2.39. The van der Waals surface area contributed by atoms with Gasteiger partial charge in [0.15, 0.2) is 5.65 Å². The van der Waals surface area contributed by atoms with Gasteiger partial charge in [0.25, 0.3) is 5.56 Å². The molecule has 3 heterocycles. The van der Waals surface area contributed by atoms with Gasteiger partial charge in [-0.05, 0) is 43.9 Å². The summed E-state index contributed by atoms with van der Waals surface area (Å²) >= 11 is 1.40. The number of pyridine rings is 1. The Balaban J connectivity index is 1.59. The maximum absolute atomic E-state index is 12.6. The van der Waals surface area contributed by atoms with E-state index in [1.54, 1.807) is 25.3 Å². The summed E-state index contributed by atoms with van der Waals surface area (Å²) < 4.78 is 6.39. The third kappa shape index (κ3) is 3.29. The first-order valence-electron chi connectivity index (χ1n) is 9.00. The topological polar surface area (TPSA) is 103 Å². The number of carbonyl (C=O) groups is 2. The number of hydrogen-bond donors (Lipinski definition) is 1. The Morgan fingerprint density at radius 1 is 1.32 bits per heavy atom. The van der Waals surface area contributed by atoms with E-state index in [0.29, 0.717) is 21.6 Å². The van der Waals surface area contributed by atoms with Crippen LogP contribution < -0.4 is 10.9 Å². The van der Waals surface area contributed by atoms with Crippen molar-refractivity contribution < 1.29 is 14.3 Å². The Hall–Kier alpha value is -3.07. The molecule has 0 aromatic carbocycles. The number of nitrogens with zero attached hydrogens (tertiary/aromatic N) is 3. The van der Waals surface area contributed by atoms with Gasteiger partial charge in [-0.15, -0.1) is 11.3 Å². The lowest BCUT2D eigenvalue weighted by Crippen LogP contribution is -2.28. The van der Waals surface area contributed by atoms with Crippen LogP contribution in [0.25, 0.3) is 11.0 Å². The summed E-state index contributed by atoms with van der Waals surface area (Å²) in [7, 11) is 0. The second-order valence-corrected chi connectivity index (χ2v) is 7.49. The van der Waals surface area contributed by atoms with Crippen LogP contribution in [0.3, 0.4) is 0 Å². The minimum Gasteiger partial charge on any atom is -0.462 e. The van der Waals surface area contributed by atoms with Gasteiger partial charge in [-0.25, -0.2) is 14.8 Å². The molecular weight excluding hydrogens is 380 g/mol. The van der Waals surface area contributed by atoms with Crippen molar-refractivity contribution in [3.8, 4) is 0 Å². The average molecular weight is 398 g/mol. The van der Waals surface area contributed by atoms with E-state index < -0.39 is 11.9 Å². The number of rotatable bonds is 5. The van der Waals surface area contributed by atoms with E-state index >= 15 is 0 Å². The summed E-state index contributed by atoms with van der Waals surface area (Å²) in [5.74, 6) is -0.828. The number of thiophene rings is 1. The molecule has 144 valence electrons. The van der Waals surface area contributed by atoms with Crippen LogP contribution in [0.2, 0.25) is 0 Å². The van der Waals surface area contributed by atoms with Crippen LogP contribution in [-0.4, -0.2) is 33.0 Å². The maximum atomic E-state index is 12.6. The minimum absolute atomic E-state index is 0.207. The molecular formula is C19H18N4O4S. The van der Waals surface area contributed by atoms with Gasteiger partial charge in [0, 0.05) is 11.1 Å². The molecule has 8 nitrogen and oxygen atoms in total. The number of fused-ring (bicyclic) bond motifs is 2.